The minimum atomic E-state index is -0.0740. The molecular formula is C15H23N3O2. The van der Waals surface area contributed by atoms with Gasteiger partial charge in [0.25, 0.3) is 0 Å². The number of para-hydroxylation sites is 1. The fraction of sp³-hybridized carbons (Fsp3) is 0.533. The zero-order chi connectivity index (χ0) is 14.5. The number of piperazine rings is 1. The van der Waals surface area contributed by atoms with Gasteiger partial charge < -0.3 is 15.4 Å². The third-order valence-electron chi connectivity index (χ3n) is 3.81. The van der Waals surface area contributed by atoms with Crippen molar-refractivity contribution >= 4 is 5.91 Å². The maximum Gasteiger partial charge on any atom is 0.219 e. The van der Waals surface area contributed by atoms with E-state index in [1.807, 2.05) is 29.2 Å². The summed E-state index contributed by atoms with van der Waals surface area (Å²) < 4.78 is 5.35. The Kier molecular flexibility index (Phi) is 4.98. The van der Waals surface area contributed by atoms with Gasteiger partial charge in [-0.1, -0.05) is 18.2 Å². The summed E-state index contributed by atoms with van der Waals surface area (Å²) in [5, 5.41) is 0. The normalized spacial score (nSPS) is 17.9. The molecule has 1 unspecified atom stereocenters. The second-order valence-electron chi connectivity index (χ2n) is 5.16. The van der Waals surface area contributed by atoms with Gasteiger partial charge in [0.2, 0.25) is 5.91 Å². The average Bonchev–Trinajstić information content (AvgIpc) is 2.47. The van der Waals surface area contributed by atoms with Crippen LogP contribution in [-0.4, -0.2) is 55.5 Å². The molecule has 1 heterocycles. The first-order valence-corrected chi connectivity index (χ1v) is 6.98. The fourth-order valence-corrected chi connectivity index (χ4v) is 2.59. The zero-order valence-corrected chi connectivity index (χ0v) is 12.2. The van der Waals surface area contributed by atoms with Gasteiger partial charge >= 0.3 is 0 Å². The van der Waals surface area contributed by atoms with Crippen molar-refractivity contribution in [3.05, 3.63) is 29.8 Å². The van der Waals surface area contributed by atoms with Crippen molar-refractivity contribution in [3.8, 4) is 5.75 Å². The van der Waals surface area contributed by atoms with Gasteiger partial charge in [-0.15, -0.1) is 0 Å². The first-order chi connectivity index (χ1) is 9.61. The number of methoxy groups -OCH3 is 1. The van der Waals surface area contributed by atoms with E-state index in [2.05, 4.69) is 4.90 Å². The molecular weight excluding hydrogens is 254 g/mol. The van der Waals surface area contributed by atoms with Gasteiger partial charge in [-0.25, -0.2) is 0 Å². The highest BCUT2D eigenvalue weighted by Crippen LogP contribution is 2.24. The molecule has 1 aromatic rings. The predicted octanol–water partition coefficient (Wildman–Crippen LogP) is 0.859. The Balaban J connectivity index is 1.92. The molecule has 1 amide bonds. The van der Waals surface area contributed by atoms with Crippen molar-refractivity contribution in [3.63, 3.8) is 0 Å². The van der Waals surface area contributed by atoms with Gasteiger partial charge in [0, 0.05) is 51.3 Å². The molecule has 2 rings (SSSR count). The summed E-state index contributed by atoms with van der Waals surface area (Å²) in [5.41, 5.74) is 7.33. The quantitative estimate of drug-likeness (QED) is 0.887. The summed E-state index contributed by atoms with van der Waals surface area (Å²) in [6.07, 6.45) is 0. The molecule has 1 fully saturated rings. The Morgan fingerprint density at radius 2 is 1.95 bits per heavy atom. The maximum atomic E-state index is 11.3. The second kappa shape index (κ2) is 6.72. The van der Waals surface area contributed by atoms with Crippen LogP contribution < -0.4 is 10.5 Å². The van der Waals surface area contributed by atoms with Crippen LogP contribution in [0.15, 0.2) is 24.3 Å². The minimum Gasteiger partial charge on any atom is -0.496 e. The fourth-order valence-electron chi connectivity index (χ4n) is 2.59. The Bertz CT molecular complexity index is 456. The minimum absolute atomic E-state index is 0.0740. The molecule has 0 spiro atoms. The molecule has 5 heteroatoms. The number of carbonyl (C=O) groups is 1. The largest absolute Gasteiger partial charge is 0.496 e. The number of rotatable bonds is 4. The molecule has 0 aromatic heterocycles. The van der Waals surface area contributed by atoms with Gasteiger partial charge in [0.05, 0.1) is 7.11 Å². The lowest BCUT2D eigenvalue weighted by atomic mass is 10.1. The lowest BCUT2D eigenvalue weighted by molar-refractivity contribution is -0.130. The van der Waals surface area contributed by atoms with Crippen molar-refractivity contribution in [2.45, 2.75) is 13.0 Å². The molecule has 0 aliphatic carbocycles. The van der Waals surface area contributed by atoms with Gasteiger partial charge in [-0.05, 0) is 6.07 Å². The lowest BCUT2D eigenvalue weighted by Crippen LogP contribution is -2.49. The molecule has 1 aromatic carbocycles. The SMILES string of the molecule is COc1ccccc1C(N)CN1CCN(C(C)=O)CC1. The zero-order valence-electron chi connectivity index (χ0n) is 12.2. The van der Waals surface area contributed by atoms with Crippen LogP contribution >= 0.6 is 0 Å². The van der Waals surface area contributed by atoms with Crippen molar-refractivity contribution in [2.75, 3.05) is 39.8 Å². The summed E-state index contributed by atoms with van der Waals surface area (Å²) in [5.74, 6) is 0.987. The first-order valence-electron chi connectivity index (χ1n) is 6.98. The summed E-state index contributed by atoms with van der Waals surface area (Å²) in [7, 11) is 1.66. The second-order valence-corrected chi connectivity index (χ2v) is 5.16. The average molecular weight is 277 g/mol. The number of nitrogens with zero attached hydrogens (tertiary/aromatic N) is 2. The first kappa shape index (κ1) is 14.8. The number of benzene rings is 1. The summed E-state index contributed by atoms with van der Waals surface area (Å²) >= 11 is 0. The summed E-state index contributed by atoms with van der Waals surface area (Å²) in [6, 6.07) is 7.79. The van der Waals surface area contributed by atoms with Gasteiger partial charge in [-0.3, -0.25) is 9.69 Å². The van der Waals surface area contributed by atoms with Crippen LogP contribution in [0.1, 0.15) is 18.5 Å². The topological polar surface area (TPSA) is 58.8 Å². The highest BCUT2D eigenvalue weighted by Gasteiger charge is 2.21. The van der Waals surface area contributed by atoms with E-state index in [9.17, 15) is 4.79 Å². The number of ether oxygens (including phenoxy) is 1. The van der Waals surface area contributed by atoms with E-state index in [0.717, 1.165) is 44.0 Å². The molecule has 0 bridgehead atoms. The number of amides is 1. The van der Waals surface area contributed by atoms with Crippen molar-refractivity contribution in [1.82, 2.24) is 9.80 Å². The third kappa shape index (κ3) is 3.49. The van der Waals surface area contributed by atoms with Crippen LogP contribution in [-0.2, 0) is 4.79 Å². The monoisotopic (exact) mass is 277 g/mol. The Morgan fingerprint density at radius 1 is 1.30 bits per heavy atom. The van der Waals surface area contributed by atoms with Gasteiger partial charge in [0.15, 0.2) is 0 Å². The predicted molar refractivity (Wildman–Crippen MR) is 78.6 cm³/mol. The molecule has 1 aliphatic rings. The van der Waals surface area contributed by atoms with Crippen LogP contribution in [0.25, 0.3) is 0 Å². The highest BCUT2D eigenvalue weighted by molar-refractivity contribution is 5.73. The molecule has 20 heavy (non-hydrogen) atoms. The van der Waals surface area contributed by atoms with Crippen molar-refractivity contribution in [1.29, 1.82) is 0 Å². The standard InChI is InChI=1S/C15H23N3O2/c1-12(19)18-9-7-17(8-10-18)11-14(16)13-5-3-4-6-15(13)20-2/h3-6,14H,7-11,16H2,1-2H3. The molecule has 0 saturated carbocycles. The van der Waals surface area contributed by atoms with E-state index in [0.29, 0.717) is 0 Å². The van der Waals surface area contributed by atoms with E-state index in [-0.39, 0.29) is 11.9 Å². The highest BCUT2D eigenvalue weighted by atomic mass is 16.5. The number of carbonyl (C=O) groups excluding carboxylic acids is 1. The smallest absolute Gasteiger partial charge is 0.219 e. The van der Waals surface area contributed by atoms with Crippen LogP contribution in [0.2, 0.25) is 0 Å². The number of nitrogens with two attached hydrogens (primary N) is 1. The molecule has 2 N–H and O–H groups in total. The molecule has 5 nitrogen and oxygen atoms in total. The molecule has 1 aliphatic heterocycles. The molecule has 0 radical (unpaired) electrons. The molecule has 110 valence electrons. The van der Waals surface area contributed by atoms with Crippen LogP contribution in [0.5, 0.6) is 5.75 Å². The maximum absolute atomic E-state index is 11.3. The Hall–Kier alpha value is -1.59. The van der Waals surface area contributed by atoms with E-state index >= 15 is 0 Å². The van der Waals surface area contributed by atoms with E-state index in [4.69, 9.17) is 10.5 Å². The number of hydrogen-bond acceptors (Lipinski definition) is 4. The molecule has 1 atom stereocenters. The summed E-state index contributed by atoms with van der Waals surface area (Å²) in [6.45, 7) is 5.73. The van der Waals surface area contributed by atoms with Crippen LogP contribution in [0.3, 0.4) is 0 Å². The van der Waals surface area contributed by atoms with Crippen LogP contribution in [0.4, 0.5) is 0 Å². The van der Waals surface area contributed by atoms with E-state index in [1.165, 1.54) is 0 Å². The molecule has 1 saturated heterocycles. The Labute approximate surface area is 120 Å². The van der Waals surface area contributed by atoms with E-state index in [1.54, 1.807) is 14.0 Å². The van der Waals surface area contributed by atoms with Gasteiger partial charge in [-0.2, -0.15) is 0 Å². The summed E-state index contributed by atoms with van der Waals surface area (Å²) in [4.78, 5) is 15.5. The number of hydrogen-bond donors (Lipinski definition) is 1. The van der Waals surface area contributed by atoms with Gasteiger partial charge in [0.1, 0.15) is 5.75 Å². The Morgan fingerprint density at radius 3 is 2.55 bits per heavy atom. The lowest BCUT2D eigenvalue weighted by Gasteiger charge is -2.35. The van der Waals surface area contributed by atoms with Crippen molar-refractivity contribution in [2.24, 2.45) is 5.73 Å². The van der Waals surface area contributed by atoms with Crippen LogP contribution in [0, 0.1) is 0 Å². The van der Waals surface area contributed by atoms with Crippen molar-refractivity contribution < 1.29 is 9.53 Å². The third-order valence-corrected chi connectivity index (χ3v) is 3.81. The van der Waals surface area contributed by atoms with E-state index < -0.39 is 0 Å².